The van der Waals surface area contributed by atoms with Gasteiger partial charge in [0.1, 0.15) is 0 Å². The van der Waals surface area contributed by atoms with Crippen molar-refractivity contribution in [3.8, 4) is 0 Å². The average Bonchev–Trinajstić information content (AvgIpc) is 3.29. The van der Waals surface area contributed by atoms with Crippen LogP contribution in [0.15, 0.2) is 36.4 Å². The number of carbonyl (C=O) groups excluding carboxylic acids is 1. The molecule has 4 atom stereocenters. The van der Waals surface area contributed by atoms with Crippen LogP contribution in [0.5, 0.6) is 0 Å². The maximum atomic E-state index is 12.6. The number of amides is 1. The smallest absolute Gasteiger partial charge is 0.307 e. The van der Waals surface area contributed by atoms with E-state index in [0.717, 1.165) is 0 Å². The molecule has 7 nitrogen and oxygen atoms in total. The van der Waals surface area contributed by atoms with Crippen molar-refractivity contribution < 1.29 is 23.1 Å². The summed E-state index contributed by atoms with van der Waals surface area (Å²) in [5, 5.41) is 12.2. The number of nitrogens with one attached hydrogen (secondary N) is 1. The molecule has 0 unspecified atom stereocenters. The molecule has 8 heteroatoms. The van der Waals surface area contributed by atoms with Crippen LogP contribution in [0.25, 0.3) is 0 Å². The summed E-state index contributed by atoms with van der Waals surface area (Å²) in [6, 6.07) is 6.63. The molecule has 26 heavy (non-hydrogen) atoms. The number of carboxylic acid groups (broad SMARTS) is 1. The van der Waals surface area contributed by atoms with Crippen LogP contribution in [0.1, 0.15) is 12.8 Å². The molecule has 1 aromatic rings. The van der Waals surface area contributed by atoms with E-state index in [-0.39, 0.29) is 23.5 Å². The van der Waals surface area contributed by atoms with Crippen molar-refractivity contribution in [3.05, 3.63) is 36.4 Å². The van der Waals surface area contributed by atoms with E-state index in [0.29, 0.717) is 30.8 Å². The first-order chi connectivity index (χ1) is 12.4. The van der Waals surface area contributed by atoms with Gasteiger partial charge >= 0.3 is 5.97 Å². The third kappa shape index (κ3) is 2.78. The van der Waals surface area contributed by atoms with Crippen LogP contribution in [0.4, 0.5) is 11.4 Å². The molecule has 1 aliphatic heterocycles. The molecule has 1 saturated heterocycles. The maximum Gasteiger partial charge on any atom is 0.307 e. The van der Waals surface area contributed by atoms with Gasteiger partial charge in [0.05, 0.1) is 23.3 Å². The molecule has 2 bridgehead atoms. The molecule has 138 valence electrons. The maximum absolute atomic E-state index is 12.6. The van der Waals surface area contributed by atoms with E-state index < -0.39 is 27.8 Å². The Balaban J connectivity index is 1.48. The van der Waals surface area contributed by atoms with E-state index >= 15 is 0 Å². The Bertz CT molecular complexity index is 877. The lowest BCUT2D eigenvalue weighted by atomic mass is 9.82. The van der Waals surface area contributed by atoms with Gasteiger partial charge in [-0.1, -0.05) is 12.2 Å². The average molecular weight is 376 g/mol. The van der Waals surface area contributed by atoms with Crippen molar-refractivity contribution in [2.24, 2.45) is 23.7 Å². The molecular weight excluding hydrogens is 356 g/mol. The third-order valence-corrected chi connectivity index (χ3v) is 7.44. The van der Waals surface area contributed by atoms with Crippen LogP contribution in [-0.2, 0) is 19.6 Å². The zero-order valence-electron chi connectivity index (χ0n) is 14.0. The highest BCUT2D eigenvalue weighted by Crippen LogP contribution is 2.48. The predicted octanol–water partition coefficient (Wildman–Crippen LogP) is 1.69. The first-order valence-electron chi connectivity index (χ1n) is 8.69. The van der Waals surface area contributed by atoms with Gasteiger partial charge in [0, 0.05) is 12.2 Å². The molecule has 1 amide bonds. The Labute approximate surface area is 151 Å². The first-order valence-corrected chi connectivity index (χ1v) is 10.3. The second kappa shape index (κ2) is 6.12. The Morgan fingerprint density at radius 2 is 1.73 bits per heavy atom. The Morgan fingerprint density at radius 1 is 1.08 bits per heavy atom. The summed E-state index contributed by atoms with van der Waals surface area (Å²) in [5.74, 6) is -2.43. The number of sulfonamides is 1. The molecule has 2 aliphatic carbocycles. The van der Waals surface area contributed by atoms with E-state index in [1.54, 1.807) is 24.3 Å². The highest BCUT2D eigenvalue weighted by molar-refractivity contribution is 7.93. The van der Waals surface area contributed by atoms with Gasteiger partial charge in [0.15, 0.2) is 0 Å². The molecule has 3 aliphatic rings. The number of allylic oxidation sites excluding steroid dienone is 2. The lowest BCUT2D eigenvalue weighted by Crippen LogP contribution is -2.36. The fraction of sp³-hybridized carbons (Fsp3) is 0.444. The minimum Gasteiger partial charge on any atom is -0.481 e. The van der Waals surface area contributed by atoms with Crippen LogP contribution in [0.2, 0.25) is 0 Å². The standard InChI is InChI=1S/C18H20N2O5S/c21-17(15-11-2-3-12(10-11)16(15)18(22)23)19-13-4-6-14(7-5-13)20-8-1-9-26(20,24)25/h2-7,11-12,15-16H,1,8-10H2,(H,19,21)(H,22,23)/t11-,12-,15-,16-/m0/s1. The molecular formula is C18H20N2O5S. The molecule has 0 aromatic heterocycles. The number of anilines is 2. The molecule has 0 spiro atoms. The van der Waals surface area contributed by atoms with Gasteiger partial charge in [0.25, 0.3) is 0 Å². The number of benzene rings is 1. The van der Waals surface area contributed by atoms with Crippen molar-refractivity contribution in [1.29, 1.82) is 0 Å². The summed E-state index contributed by atoms with van der Waals surface area (Å²) in [5.41, 5.74) is 1.11. The van der Waals surface area contributed by atoms with Crippen molar-refractivity contribution in [2.75, 3.05) is 21.9 Å². The topological polar surface area (TPSA) is 104 Å². The Morgan fingerprint density at radius 3 is 2.31 bits per heavy atom. The molecule has 2 N–H and O–H groups in total. The van der Waals surface area contributed by atoms with Crippen LogP contribution in [0, 0.1) is 23.7 Å². The first kappa shape index (κ1) is 17.1. The largest absolute Gasteiger partial charge is 0.481 e. The van der Waals surface area contributed by atoms with Crippen molar-refractivity contribution in [3.63, 3.8) is 0 Å². The van der Waals surface area contributed by atoms with Gasteiger partial charge in [-0.05, 0) is 48.9 Å². The quantitative estimate of drug-likeness (QED) is 0.778. The second-order valence-electron chi connectivity index (χ2n) is 7.12. The van der Waals surface area contributed by atoms with Gasteiger partial charge in [-0.25, -0.2) is 8.42 Å². The number of aliphatic carboxylic acids is 1. The summed E-state index contributed by atoms with van der Waals surface area (Å²) in [6.45, 7) is 0.464. The third-order valence-electron chi connectivity index (χ3n) is 5.57. The van der Waals surface area contributed by atoms with Gasteiger partial charge in [-0.3, -0.25) is 13.9 Å². The summed E-state index contributed by atoms with van der Waals surface area (Å²) >= 11 is 0. The summed E-state index contributed by atoms with van der Waals surface area (Å²) in [4.78, 5) is 24.2. The van der Waals surface area contributed by atoms with Gasteiger partial charge < -0.3 is 10.4 Å². The minimum atomic E-state index is -3.24. The van der Waals surface area contributed by atoms with Crippen molar-refractivity contribution in [1.82, 2.24) is 0 Å². The van der Waals surface area contributed by atoms with E-state index in [2.05, 4.69) is 5.32 Å². The van der Waals surface area contributed by atoms with Crippen LogP contribution >= 0.6 is 0 Å². The fourth-order valence-corrected chi connectivity index (χ4v) is 5.95. The molecule has 4 rings (SSSR count). The van der Waals surface area contributed by atoms with E-state index in [4.69, 9.17) is 0 Å². The summed E-state index contributed by atoms with van der Waals surface area (Å²) in [6.07, 6.45) is 5.16. The Kier molecular flexibility index (Phi) is 4.02. The molecule has 2 fully saturated rings. The molecule has 1 saturated carbocycles. The molecule has 0 radical (unpaired) electrons. The number of hydrogen-bond donors (Lipinski definition) is 2. The number of hydrogen-bond acceptors (Lipinski definition) is 4. The monoisotopic (exact) mass is 376 g/mol. The Hall–Kier alpha value is -2.35. The second-order valence-corrected chi connectivity index (χ2v) is 9.13. The number of fused-ring (bicyclic) bond motifs is 2. The van der Waals surface area contributed by atoms with Crippen LogP contribution < -0.4 is 9.62 Å². The van der Waals surface area contributed by atoms with Gasteiger partial charge in [0.2, 0.25) is 15.9 Å². The van der Waals surface area contributed by atoms with E-state index in [1.807, 2.05) is 12.2 Å². The van der Waals surface area contributed by atoms with E-state index in [1.165, 1.54) is 4.31 Å². The number of carbonyl (C=O) groups is 2. The summed E-state index contributed by atoms with van der Waals surface area (Å²) < 4.78 is 25.3. The molecule has 1 aromatic carbocycles. The summed E-state index contributed by atoms with van der Waals surface area (Å²) in [7, 11) is -3.24. The minimum absolute atomic E-state index is 0.0323. The highest BCUT2D eigenvalue weighted by Gasteiger charge is 2.51. The fourth-order valence-electron chi connectivity index (χ4n) is 4.38. The van der Waals surface area contributed by atoms with Crippen LogP contribution in [-0.4, -0.2) is 37.7 Å². The van der Waals surface area contributed by atoms with Crippen molar-refractivity contribution >= 4 is 33.3 Å². The van der Waals surface area contributed by atoms with Gasteiger partial charge in [-0.15, -0.1) is 0 Å². The zero-order valence-corrected chi connectivity index (χ0v) is 14.9. The molecule has 1 heterocycles. The van der Waals surface area contributed by atoms with Crippen LogP contribution in [0.3, 0.4) is 0 Å². The van der Waals surface area contributed by atoms with Gasteiger partial charge in [-0.2, -0.15) is 0 Å². The van der Waals surface area contributed by atoms with E-state index in [9.17, 15) is 23.1 Å². The van der Waals surface area contributed by atoms with Crippen molar-refractivity contribution in [2.45, 2.75) is 12.8 Å². The SMILES string of the molecule is O=C(O)[C@@H]1[C@@H](C(=O)Nc2ccc(N3CCCS3(=O)=O)cc2)[C@H]2C=C[C@H]1C2. The lowest BCUT2D eigenvalue weighted by Gasteiger charge is -2.24. The predicted molar refractivity (Wildman–Crippen MR) is 96.2 cm³/mol. The lowest BCUT2D eigenvalue weighted by molar-refractivity contribution is -0.146. The number of rotatable bonds is 4. The highest BCUT2D eigenvalue weighted by atomic mass is 32.2. The zero-order chi connectivity index (χ0) is 18.5. The number of nitrogens with zero attached hydrogens (tertiary/aromatic N) is 1. The normalized spacial score (nSPS) is 31.3. The number of carboxylic acids is 1.